The maximum atomic E-state index is 13.7. The van der Waals surface area contributed by atoms with E-state index in [1.54, 1.807) is 39.0 Å². The number of hydrogen-bond acceptors (Lipinski definition) is 7. The van der Waals surface area contributed by atoms with E-state index < -0.39 is 23.3 Å². The number of alkyl halides is 3. The number of carbonyl (C=O) groups excluding carboxylic acids is 1. The first-order valence-corrected chi connectivity index (χ1v) is 14.2. The average Bonchev–Trinajstić information content (AvgIpc) is 3.53. The molecule has 218 valence electrons. The third kappa shape index (κ3) is 6.48. The van der Waals surface area contributed by atoms with Gasteiger partial charge in [-0.3, -0.25) is 0 Å². The first-order chi connectivity index (χ1) is 19.4. The minimum atomic E-state index is -4.47. The van der Waals surface area contributed by atoms with Crippen LogP contribution < -0.4 is 4.74 Å². The van der Waals surface area contributed by atoms with Crippen LogP contribution in [0.2, 0.25) is 0 Å². The zero-order valence-corrected chi connectivity index (χ0v) is 24.5. The van der Waals surface area contributed by atoms with Crippen LogP contribution in [0.4, 0.5) is 13.2 Å². The fraction of sp³-hybridized carbons (Fsp3) is 0.387. The van der Waals surface area contributed by atoms with Crippen LogP contribution in [0.15, 0.2) is 53.6 Å². The van der Waals surface area contributed by atoms with Gasteiger partial charge in [0.15, 0.2) is 11.2 Å². The van der Waals surface area contributed by atoms with Gasteiger partial charge in [0, 0.05) is 21.4 Å². The molecule has 0 fully saturated rings. The molecule has 0 atom stereocenters. The maximum Gasteiger partial charge on any atom is 0.417 e. The molecule has 0 aliphatic carbocycles. The topological polar surface area (TPSA) is 74.5 Å². The zero-order chi connectivity index (χ0) is 29.9. The Morgan fingerprint density at radius 2 is 1.88 bits per heavy atom. The highest BCUT2D eigenvalue weighted by atomic mass is 32.1. The molecule has 0 N–H and O–H groups in total. The van der Waals surface area contributed by atoms with Crippen molar-refractivity contribution >= 4 is 28.3 Å². The molecule has 10 heteroatoms. The summed E-state index contributed by atoms with van der Waals surface area (Å²) in [5.74, 6) is 0.0186. The van der Waals surface area contributed by atoms with Gasteiger partial charge in [-0.2, -0.15) is 13.2 Å². The van der Waals surface area contributed by atoms with Crippen molar-refractivity contribution in [3.8, 4) is 16.3 Å². The third-order valence-corrected chi connectivity index (χ3v) is 7.75. The van der Waals surface area contributed by atoms with Crippen molar-refractivity contribution in [2.45, 2.75) is 71.6 Å². The summed E-state index contributed by atoms with van der Waals surface area (Å²) in [6, 6.07) is 9.14. The number of benzene rings is 2. The van der Waals surface area contributed by atoms with Crippen molar-refractivity contribution in [1.82, 2.24) is 10.1 Å². The Morgan fingerprint density at radius 3 is 2.54 bits per heavy atom. The van der Waals surface area contributed by atoms with E-state index in [0.717, 1.165) is 22.0 Å². The van der Waals surface area contributed by atoms with E-state index in [0.29, 0.717) is 46.9 Å². The Labute approximate surface area is 241 Å². The fourth-order valence-corrected chi connectivity index (χ4v) is 5.84. The molecule has 0 radical (unpaired) electrons. The number of hydrogen-bond donors (Lipinski definition) is 0. The van der Waals surface area contributed by atoms with Crippen molar-refractivity contribution in [2.75, 3.05) is 6.61 Å². The van der Waals surface area contributed by atoms with Gasteiger partial charge in [0.1, 0.15) is 10.8 Å². The quantitative estimate of drug-likeness (QED) is 0.130. The summed E-state index contributed by atoms with van der Waals surface area (Å²) in [6.07, 6.45) is -1.30. The van der Waals surface area contributed by atoms with Gasteiger partial charge in [0.05, 0.1) is 23.6 Å². The number of allylic oxidation sites excluding steroid dienone is 1. The number of ether oxygens (including phenoxy) is 2. The van der Waals surface area contributed by atoms with Crippen LogP contribution >= 0.6 is 11.3 Å². The van der Waals surface area contributed by atoms with Crippen LogP contribution in [0.5, 0.6) is 5.75 Å². The zero-order valence-electron chi connectivity index (χ0n) is 23.7. The molecule has 0 saturated carbocycles. The van der Waals surface area contributed by atoms with Crippen LogP contribution in [0.1, 0.15) is 67.9 Å². The lowest BCUT2D eigenvalue weighted by Gasteiger charge is -2.25. The second-order valence-corrected chi connectivity index (χ2v) is 11.5. The smallest absolute Gasteiger partial charge is 0.417 e. The summed E-state index contributed by atoms with van der Waals surface area (Å²) in [6.45, 7) is 13.0. The van der Waals surface area contributed by atoms with Crippen molar-refractivity contribution in [3.05, 3.63) is 76.4 Å². The van der Waals surface area contributed by atoms with Crippen molar-refractivity contribution in [3.63, 3.8) is 0 Å². The van der Waals surface area contributed by atoms with Gasteiger partial charge in [-0.1, -0.05) is 43.3 Å². The first-order valence-electron chi connectivity index (χ1n) is 13.4. The number of fused-ring (bicyclic) bond motifs is 1. The summed E-state index contributed by atoms with van der Waals surface area (Å²) in [4.78, 5) is 17.9. The number of esters is 1. The molecule has 2 aromatic carbocycles. The summed E-state index contributed by atoms with van der Waals surface area (Å²) in [7, 11) is 0. The molecule has 41 heavy (non-hydrogen) atoms. The number of aryl methyl sites for hydroxylation is 2. The predicted molar refractivity (Wildman–Crippen MR) is 153 cm³/mol. The molecule has 0 saturated heterocycles. The minimum Gasteiger partial charge on any atom is -0.476 e. The van der Waals surface area contributed by atoms with Crippen LogP contribution in [-0.2, 0) is 35.0 Å². The Hall–Kier alpha value is -3.66. The lowest BCUT2D eigenvalue weighted by atomic mass is 10.0. The number of nitrogens with zero attached hydrogens (tertiary/aromatic N) is 2. The second-order valence-electron chi connectivity index (χ2n) is 10.4. The molecular weight excluding hydrogens is 553 g/mol. The van der Waals surface area contributed by atoms with Gasteiger partial charge >= 0.3 is 12.1 Å². The van der Waals surface area contributed by atoms with Crippen molar-refractivity contribution in [1.29, 1.82) is 0 Å². The number of rotatable bonds is 11. The summed E-state index contributed by atoms with van der Waals surface area (Å²) in [5.41, 5.74) is 0.894. The van der Waals surface area contributed by atoms with Gasteiger partial charge in [0.25, 0.3) is 0 Å². The van der Waals surface area contributed by atoms with Gasteiger partial charge in [-0.25, -0.2) is 9.78 Å². The molecule has 0 unspecified atom stereocenters. The second kappa shape index (κ2) is 12.1. The van der Waals surface area contributed by atoms with E-state index in [4.69, 9.17) is 14.0 Å². The molecule has 0 aliphatic rings. The van der Waals surface area contributed by atoms with E-state index in [-0.39, 0.29) is 18.1 Å². The first kappa shape index (κ1) is 30.3. The van der Waals surface area contributed by atoms with E-state index >= 15 is 0 Å². The molecule has 4 rings (SSSR count). The molecule has 4 aromatic rings. The molecule has 0 aliphatic heterocycles. The highest BCUT2D eigenvalue weighted by Crippen LogP contribution is 2.41. The summed E-state index contributed by atoms with van der Waals surface area (Å²) in [5, 5.41) is 5.46. The van der Waals surface area contributed by atoms with Crippen molar-refractivity contribution < 1.29 is 32.0 Å². The Balaban J connectivity index is 1.65. The number of aromatic nitrogens is 2. The number of halogens is 3. The van der Waals surface area contributed by atoms with E-state index in [1.165, 1.54) is 23.5 Å². The van der Waals surface area contributed by atoms with Gasteiger partial charge in [0.2, 0.25) is 0 Å². The Bertz CT molecular complexity index is 1550. The maximum absolute atomic E-state index is 13.7. The largest absolute Gasteiger partial charge is 0.476 e. The van der Waals surface area contributed by atoms with Gasteiger partial charge in [-0.15, -0.1) is 17.9 Å². The highest BCUT2D eigenvalue weighted by Gasteiger charge is 2.35. The number of thiazole rings is 1. The highest BCUT2D eigenvalue weighted by molar-refractivity contribution is 7.15. The lowest BCUT2D eigenvalue weighted by molar-refractivity contribution is -0.158. The van der Waals surface area contributed by atoms with Crippen LogP contribution in [0.3, 0.4) is 0 Å². The minimum absolute atomic E-state index is 0.0313. The number of carbonyl (C=O) groups is 1. The molecular formula is C31H33F3N2O4S. The monoisotopic (exact) mass is 586 g/mol. The molecule has 0 spiro atoms. The fourth-order valence-electron chi connectivity index (χ4n) is 4.58. The van der Waals surface area contributed by atoms with E-state index in [2.05, 4.69) is 16.7 Å². The molecule has 2 aromatic heterocycles. The SMILES string of the molecule is C=CCc1c(OC(C)(C)C(=O)OCC)ccc2c(CCc3sc(-c4ccccc4C(F)(F)F)nc3C(C)C)noc12. The Kier molecular flexibility index (Phi) is 8.91. The van der Waals surface area contributed by atoms with Crippen LogP contribution in [-0.4, -0.2) is 28.3 Å². The molecule has 0 bridgehead atoms. The normalized spacial score (nSPS) is 12.2. The van der Waals surface area contributed by atoms with E-state index in [1.807, 2.05) is 19.9 Å². The van der Waals surface area contributed by atoms with Crippen molar-refractivity contribution in [2.24, 2.45) is 0 Å². The Morgan fingerprint density at radius 1 is 1.15 bits per heavy atom. The summed E-state index contributed by atoms with van der Waals surface area (Å²) < 4.78 is 58.0. The van der Waals surface area contributed by atoms with Crippen LogP contribution in [0, 0.1) is 0 Å². The molecule has 0 amide bonds. The predicted octanol–water partition coefficient (Wildman–Crippen LogP) is 8.33. The molecule has 2 heterocycles. The lowest BCUT2D eigenvalue weighted by Crippen LogP contribution is -2.40. The van der Waals surface area contributed by atoms with Gasteiger partial charge < -0.3 is 14.0 Å². The average molecular weight is 587 g/mol. The van der Waals surface area contributed by atoms with Gasteiger partial charge in [-0.05, 0) is 64.2 Å². The summed E-state index contributed by atoms with van der Waals surface area (Å²) >= 11 is 1.28. The standard InChI is InChI=1S/C31H33F3N2O4S/c1-7-11-21-24(39-30(5,6)29(37)38-8-2)16-14-20-23(36-40-27(20)21)15-17-25-26(18(3)4)35-28(41-25)19-12-9-10-13-22(19)31(32,33)34/h7,9-10,12-14,16,18H,1,8,11,15,17H2,2-6H3. The third-order valence-electron chi connectivity index (χ3n) is 6.58. The van der Waals surface area contributed by atoms with Crippen LogP contribution in [0.25, 0.3) is 21.5 Å². The van der Waals surface area contributed by atoms with E-state index in [9.17, 15) is 18.0 Å². The molecule has 6 nitrogen and oxygen atoms in total.